The van der Waals surface area contributed by atoms with Crippen molar-refractivity contribution in [2.24, 2.45) is 0 Å². The zero-order valence-electron chi connectivity index (χ0n) is 14.4. The number of benzene rings is 2. The molecule has 130 valence electrons. The molecule has 0 saturated heterocycles. The van der Waals surface area contributed by atoms with Crippen LogP contribution >= 0.6 is 15.9 Å². The van der Waals surface area contributed by atoms with Gasteiger partial charge >= 0.3 is 0 Å². The molecule has 3 rings (SSSR count). The van der Waals surface area contributed by atoms with Crippen molar-refractivity contribution < 1.29 is 14.3 Å². The number of ether oxygens (including phenoxy) is 1. The molecule has 5 nitrogen and oxygen atoms in total. The van der Waals surface area contributed by atoms with Gasteiger partial charge in [-0.3, -0.25) is 9.59 Å². The molecule has 0 fully saturated rings. The minimum absolute atomic E-state index is 0.0373. The van der Waals surface area contributed by atoms with Crippen LogP contribution in [-0.2, 0) is 11.2 Å². The second kappa shape index (κ2) is 6.88. The van der Waals surface area contributed by atoms with Crippen LogP contribution in [0.25, 0.3) is 0 Å². The average Bonchev–Trinajstić information content (AvgIpc) is 2.98. The number of amides is 2. The molecular weight excluding hydrogens is 384 g/mol. The Morgan fingerprint density at radius 3 is 2.68 bits per heavy atom. The summed E-state index contributed by atoms with van der Waals surface area (Å²) in [5.74, 6) is 0.208. The Morgan fingerprint density at radius 2 is 2.00 bits per heavy atom. The van der Waals surface area contributed by atoms with E-state index >= 15 is 0 Å². The lowest BCUT2D eigenvalue weighted by molar-refractivity contribution is -0.116. The molecule has 6 heteroatoms. The van der Waals surface area contributed by atoms with Crippen molar-refractivity contribution in [2.75, 3.05) is 23.9 Å². The van der Waals surface area contributed by atoms with Crippen molar-refractivity contribution in [2.45, 2.75) is 20.3 Å². The highest BCUT2D eigenvalue weighted by Gasteiger charge is 2.27. The van der Waals surface area contributed by atoms with Crippen LogP contribution in [0, 0.1) is 6.92 Å². The van der Waals surface area contributed by atoms with Crippen LogP contribution in [-0.4, -0.2) is 25.5 Å². The molecule has 1 aliphatic heterocycles. The first kappa shape index (κ1) is 17.5. The molecule has 2 aromatic rings. The summed E-state index contributed by atoms with van der Waals surface area (Å²) < 4.78 is 6.16. The number of aryl methyl sites for hydroxylation is 1. The SMILES string of the molecule is COc1ccc(C)cc1C(=O)Nc1cc(Br)cc2c1N(C(C)=O)CC2. The predicted octanol–water partition coefficient (Wildman–Crippen LogP) is 3.93. The number of halogens is 1. The molecule has 0 saturated carbocycles. The molecule has 0 aliphatic carbocycles. The van der Waals surface area contributed by atoms with Crippen LogP contribution in [0.1, 0.15) is 28.4 Å². The lowest BCUT2D eigenvalue weighted by Gasteiger charge is -2.20. The zero-order valence-corrected chi connectivity index (χ0v) is 15.9. The molecule has 2 aromatic carbocycles. The number of hydrogen-bond donors (Lipinski definition) is 1. The summed E-state index contributed by atoms with van der Waals surface area (Å²) in [5, 5.41) is 2.94. The summed E-state index contributed by atoms with van der Waals surface area (Å²) in [6.45, 7) is 4.08. The Kier molecular flexibility index (Phi) is 4.81. The number of carbonyl (C=O) groups is 2. The van der Waals surface area contributed by atoms with E-state index in [1.165, 1.54) is 14.0 Å². The molecule has 25 heavy (non-hydrogen) atoms. The quantitative estimate of drug-likeness (QED) is 0.845. The fourth-order valence-electron chi connectivity index (χ4n) is 3.11. The first-order chi connectivity index (χ1) is 11.9. The van der Waals surface area contributed by atoms with Crippen LogP contribution in [0.15, 0.2) is 34.8 Å². The van der Waals surface area contributed by atoms with Crippen LogP contribution in [0.5, 0.6) is 5.75 Å². The summed E-state index contributed by atoms with van der Waals surface area (Å²) in [5.41, 5.74) is 3.86. The average molecular weight is 403 g/mol. The van der Waals surface area contributed by atoms with E-state index in [0.29, 0.717) is 23.5 Å². The minimum atomic E-state index is -0.267. The summed E-state index contributed by atoms with van der Waals surface area (Å²) in [7, 11) is 1.54. The highest BCUT2D eigenvalue weighted by atomic mass is 79.9. The van der Waals surface area contributed by atoms with Crippen molar-refractivity contribution in [3.8, 4) is 5.75 Å². The number of methoxy groups -OCH3 is 1. The molecule has 0 unspecified atom stereocenters. The summed E-state index contributed by atoms with van der Waals surface area (Å²) in [6.07, 6.45) is 0.769. The van der Waals surface area contributed by atoms with Gasteiger partial charge in [-0.15, -0.1) is 0 Å². The molecule has 0 atom stereocenters. The van der Waals surface area contributed by atoms with Crippen molar-refractivity contribution in [1.82, 2.24) is 0 Å². The van der Waals surface area contributed by atoms with E-state index in [4.69, 9.17) is 4.74 Å². The maximum Gasteiger partial charge on any atom is 0.259 e. The number of nitrogens with zero attached hydrogens (tertiary/aromatic N) is 1. The highest BCUT2D eigenvalue weighted by Crippen LogP contribution is 2.38. The number of carbonyl (C=O) groups excluding carboxylic acids is 2. The molecule has 0 aromatic heterocycles. The van der Waals surface area contributed by atoms with Gasteiger partial charge in [-0.25, -0.2) is 0 Å². The van der Waals surface area contributed by atoms with Crippen molar-refractivity contribution in [3.63, 3.8) is 0 Å². The van der Waals surface area contributed by atoms with Crippen LogP contribution in [0.3, 0.4) is 0 Å². The standard InChI is InChI=1S/C19H19BrN2O3/c1-11-4-5-17(25-3)15(8-11)19(24)21-16-10-14(20)9-13-6-7-22(12(2)23)18(13)16/h4-5,8-10H,6-7H2,1-3H3,(H,21,24). The van der Waals surface area contributed by atoms with Gasteiger partial charge in [-0.1, -0.05) is 27.6 Å². The molecule has 0 spiro atoms. The summed E-state index contributed by atoms with van der Waals surface area (Å²) in [4.78, 5) is 26.5. The number of hydrogen-bond acceptors (Lipinski definition) is 3. The first-order valence-corrected chi connectivity index (χ1v) is 8.76. The van der Waals surface area contributed by atoms with Crippen LogP contribution in [0.4, 0.5) is 11.4 Å². The first-order valence-electron chi connectivity index (χ1n) is 7.97. The van der Waals surface area contributed by atoms with Gasteiger partial charge in [-0.2, -0.15) is 0 Å². The van der Waals surface area contributed by atoms with E-state index in [-0.39, 0.29) is 11.8 Å². The van der Waals surface area contributed by atoms with E-state index in [0.717, 1.165) is 27.7 Å². The van der Waals surface area contributed by atoms with Gasteiger partial charge in [0, 0.05) is 17.9 Å². The van der Waals surface area contributed by atoms with E-state index < -0.39 is 0 Å². The van der Waals surface area contributed by atoms with Gasteiger partial charge in [-0.05, 0) is 43.2 Å². The Balaban J connectivity index is 2.00. The Morgan fingerprint density at radius 1 is 1.24 bits per heavy atom. The minimum Gasteiger partial charge on any atom is -0.496 e. The fourth-order valence-corrected chi connectivity index (χ4v) is 3.61. The second-order valence-corrected chi connectivity index (χ2v) is 6.96. The molecule has 0 bridgehead atoms. The maximum absolute atomic E-state index is 12.8. The highest BCUT2D eigenvalue weighted by molar-refractivity contribution is 9.10. The Bertz CT molecular complexity index is 864. The van der Waals surface area contributed by atoms with Crippen LogP contribution < -0.4 is 15.0 Å². The van der Waals surface area contributed by atoms with E-state index in [2.05, 4.69) is 21.2 Å². The van der Waals surface area contributed by atoms with Crippen molar-refractivity contribution in [1.29, 1.82) is 0 Å². The molecule has 0 radical (unpaired) electrons. The predicted molar refractivity (Wildman–Crippen MR) is 102 cm³/mol. The molecule has 1 heterocycles. The van der Waals surface area contributed by atoms with Crippen LogP contribution in [0.2, 0.25) is 0 Å². The lowest BCUT2D eigenvalue weighted by atomic mass is 10.1. The molecule has 2 amide bonds. The fraction of sp³-hybridized carbons (Fsp3) is 0.263. The number of fused-ring (bicyclic) bond motifs is 1. The third-order valence-corrected chi connectivity index (χ3v) is 4.71. The Hall–Kier alpha value is -2.34. The topological polar surface area (TPSA) is 58.6 Å². The van der Waals surface area contributed by atoms with Crippen molar-refractivity contribution >= 4 is 39.1 Å². The maximum atomic E-state index is 12.8. The van der Waals surface area contributed by atoms with Gasteiger partial charge in [0.1, 0.15) is 5.75 Å². The second-order valence-electron chi connectivity index (χ2n) is 6.04. The van der Waals surface area contributed by atoms with Gasteiger partial charge < -0.3 is 15.0 Å². The zero-order chi connectivity index (χ0) is 18.1. The smallest absolute Gasteiger partial charge is 0.259 e. The molecule has 1 N–H and O–H groups in total. The summed E-state index contributed by atoms with van der Waals surface area (Å²) in [6, 6.07) is 9.26. The largest absolute Gasteiger partial charge is 0.496 e. The normalized spacial score (nSPS) is 12.7. The van der Waals surface area contributed by atoms with E-state index in [1.54, 1.807) is 17.0 Å². The number of nitrogens with one attached hydrogen (secondary N) is 1. The third-order valence-electron chi connectivity index (χ3n) is 4.26. The van der Waals surface area contributed by atoms with E-state index in [9.17, 15) is 9.59 Å². The Labute approximate surface area is 155 Å². The number of anilines is 2. The number of rotatable bonds is 3. The van der Waals surface area contributed by atoms with E-state index in [1.807, 2.05) is 25.1 Å². The molecular formula is C19H19BrN2O3. The van der Waals surface area contributed by atoms with Crippen molar-refractivity contribution in [3.05, 3.63) is 51.5 Å². The van der Waals surface area contributed by atoms with Gasteiger partial charge in [0.2, 0.25) is 5.91 Å². The summed E-state index contributed by atoms with van der Waals surface area (Å²) >= 11 is 3.48. The van der Waals surface area contributed by atoms with Gasteiger partial charge in [0.05, 0.1) is 24.0 Å². The van der Waals surface area contributed by atoms with Gasteiger partial charge in [0.15, 0.2) is 0 Å². The monoisotopic (exact) mass is 402 g/mol. The third kappa shape index (κ3) is 3.39. The van der Waals surface area contributed by atoms with Gasteiger partial charge in [0.25, 0.3) is 5.91 Å². The lowest BCUT2D eigenvalue weighted by Crippen LogP contribution is -2.27. The molecule has 1 aliphatic rings.